The summed E-state index contributed by atoms with van der Waals surface area (Å²) in [6.45, 7) is 2.44. The van der Waals surface area contributed by atoms with Gasteiger partial charge in [0, 0.05) is 25.0 Å². The van der Waals surface area contributed by atoms with E-state index < -0.39 is 5.60 Å². The summed E-state index contributed by atoms with van der Waals surface area (Å²) in [7, 11) is 2.14. The number of piperidine rings is 1. The van der Waals surface area contributed by atoms with Crippen LogP contribution in [0.25, 0.3) is 0 Å². The number of likely N-dealkylation sites (tertiary alicyclic amines) is 1. The topological polar surface area (TPSA) is 49.5 Å². The molecule has 2 rings (SSSR count). The minimum absolute atomic E-state index is 0.134. The van der Waals surface area contributed by atoms with Gasteiger partial charge < -0.3 is 15.7 Å². The maximum atomic E-state index is 10.4. The molecule has 0 bridgehead atoms. The van der Waals surface area contributed by atoms with Crippen LogP contribution >= 0.6 is 0 Å². The van der Waals surface area contributed by atoms with Gasteiger partial charge in [-0.1, -0.05) is 6.42 Å². The minimum Gasteiger partial charge on any atom is -0.388 e. The zero-order chi connectivity index (χ0) is 9.53. The molecule has 0 radical (unpaired) electrons. The summed E-state index contributed by atoms with van der Waals surface area (Å²) in [4.78, 5) is 2.32. The molecule has 1 atom stereocenters. The number of aliphatic hydroxyl groups is 1. The first-order valence-electron chi connectivity index (χ1n) is 5.23. The molecule has 0 amide bonds. The molecule has 3 nitrogen and oxygen atoms in total. The Labute approximate surface area is 79.9 Å². The van der Waals surface area contributed by atoms with Gasteiger partial charge in [-0.15, -0.1) is 0 Å². The van der Waals surface area contributed by atoms with Crippen LogP contribution in [0.2, 0.25) is 0 Å². The lowest BCUT2D eigenvalue weighted by atomic mass is 9.56. The molecule has 1 unspecified atom stereocenters. The van der Waals surface area contributed by atoms with Crippen molar-refractivity contribution >= 4 is 0 Å². The van der Waals surface area contributed by atoms with Crippen molar-refractivity contribution in [2.24, 2.45) is 11.1 Å². The van der Waals surface area contributed by atoms with Crippen molar-refractivity contribution < 1.29 is 5.11 Å². The lowest BCUT2D eigenvalue weighted by Crippen LogP contribution is -2.65. The quantitative estimate of drug-likeness (QED) is 0.611. The highest BCUT2D eigenvalue weighted by molar-refractivity contribution is 5.08. The van der Waals surface area contributed by atoms with Gasteiger partial charge in [-0.3, -0.25) is 0 Å². The van der Waals surface area contributed by atoms with Gasteiger partial charge in [-0.05, 0) is 26.3 Å². The fraction of sp³-hybridized carbons (Fsp3) is 1.00. The summed E-state index contributed by atoms with van der Waals surface area (Å²) in [5.41, 5.74) is 5.26. The molecule has 0 aromatic carbocycles. The van der Waals surface area contributed by atoms with Crippen LogP contribution in [0.5, 0.6) is 0 Å². The molecule has 1 spiro atoms. The summed E-state index contributed by atoms with van der Waals surface area (Å²) < 4.78 is 0. The van der Waals surface area contributed by atoms with E-state index in [1.807, 2.05) is 0 Å². The molecule has 2 aliphatic rings. The van der Waals surface area contributed by atoms with E-state index in [4.69, 9.17) is 5.73 Å². The highest BCUT2D eigenvalue weighted by atomic mass is 16.3. The van der Waals surface area contributed by atoms with Crippen molar-refractivity contribution in [2.75, 3.05) is 26.7 Å². The SMILES string of the molecule is CN1CCC(O)(CN)C2(CCC2)C1. The summed E-state index contributed by atoms with van der Waals surface area (Å²) in [6.07, 6.45) is 4.42. The van der Waals surface area contributed by atoms with Crippen molar-refractivity contribution in [3.8, 4) is 0 Å². The summed E-state index contributed by atoms with van der Waals surface area (Å²) >= 11 is 0. The molecule has 1 aliphatic carbocycles. The van der Waals surface area contributed by atoms with Gasteiger partial charge in [0.1, 0.15) is 0 Å². The molecule has 1 saturated heterocycles. The Hall–Kier alpha value is -0.120. The Balaban J connectivity index is 2.17. The minimum atomic E-state index is -0.572. The zero-order valence-electron chi connectivity index (χ0n) is 8.42. The normalized spacial score (nSPS) is 39.0. The monoisotopic (exact) mass is 184 g/mol. The number of hydrogen-bond acceptors (Lipinski definition) is 3. The van der Waals surface area contributed by atoms with Crippen LogP contribution in [0.15, 0.2) is 0 Å². The van der Waals surface area contributed by atoms with E-state index in [1.165, 1.54) is 6.42 Å². The van der Waals surface area contributed by atoms with Gasteiger partial charge in [0.05, 0.1) is 5.60 Å². The third kappa shape index (κ3) is 1.22. The second kappa shape index (κ2) is 2.94. The number of nitrogens with two attached hydrogens (primary N) is 1. The highest BCUT2D eigenvalue weighted by Crippen LogP contribution is 2.52. The molecule has 1 heterocycles. The lowest BCUT2D eigenvalue weighted by molar-refractivity contribution is -0.162. The summed E-state index contributed by atoms with van der Waals surface area (Å²) in [5, 5.41) is 10.4. The summed E-state index contributed by atoms with van der Waals surface area (Å²) in [6, 6.07) is 0. The van der Waals surface area contributed by atoms with Crippen LogP contribution in [0.4, 0.5) is 0 Å². The van der Waals surface area contributed by atoms with Gasteiger partial charge in [-0.25, -0.2) is 0 Å². The van der Waals surface area contributed by atoms with Gasteiger partial charge >= 0.3 is 0 Å². The van der Waals surface area contributed by atoms with E-state index in [0.29, 0.717) is 6.54 Å². The first kappa shape index (κ1) is 9.44. The van der Waals surface area contributed by atoms with E-state index in [2.05, 4.69) is 11.9 Å². The standard InChI is InChI=1S/C10H20N2O/c1-12-6-5-10(13,7-11)9(8-12)3-2-4-9/h13H,2-8,11H2,1H3. The Morgan fingerprint density at radius 2 is 2.08 bits per heavy atom. The first-order chi connectivity index (χ1) is 6.12. The van der Waals surface area contributed by atoms with Crippen LogP contribution in [0.1, 0.15) is 25.7 Å². The van der Waals surface area contributed by atoms with Crippen LogP contribution in [-0.4, -0.2) is 42.3 Å². The molecule has 0 aromatic rings. The van der Waals surface area contributed by atoms with Crippen molar-refractivity contribution in [2.45, 2.75) is 31.3 Å². The largest absolute Gasteiger partial charge is 0.388 e. The first-order valence-corrected chi connectivity index (χ1v) is 5.23. The summed E-state index contributed by atoms with van der Waals surface area (Å²) in [5.74, 6) is 0. The van der Waals surface area contributed by atoms with Gasteiger partial charge in [0.2, 0.25) is 0 Å². The van der Waals surface area contributed by atoms with Crippen molar-refractivity contribution in [3.05, 3.63) is 0 Å². The molecule has 3 N–H and O–H groups in total. The molecule has 2 fully saturated rings. The highest BCUT2D eigenvalue weighted by Gasteiger charge is 2.55. The molecular formula is C10H20N2O. The maximum Gasteiger partial charge on any atom is 0.0849 e. The van der Waals surface area contributed by atoms with Crippen molar-refractivity contribution in [1.29, 1.82) is 0 Å². The fourth-order valence-corrected chi connectivity index (χ4v) is 2.93. The van der Waals surface area contributed by atoms with E-state index in [9.17, 15) is 5.11 Å². The van der Waals surface area contributed by atoms with Gasteiger partial charge in [0.15, 0.2) is 0 Å². The fourth-order valence-electron chi connectivity index (χ4n) is 2.93. The third-order valence-corrected chi connectivity index (χ3v) is 4.12. The molecule has 1 saturated carbocycles. The predicted octanol–water partition coefficient (Wildman–Crippen LogP) is 0.182. The number of rotatable bonds is 1. The zero-order valence-corrected chi connectivity index (χ0v) is 8.42. The van der Waals surface area contributed by atoms with Gasteiger partial charge in [-0.2, -0.15) is 0 Å². The lowest BCUT2D eigenvalue weighted by Gasteiger charge is -2.58. The van der Waals surface area contributed by atoms with Crippen molar-refractivity contribution in [1.82, 2.24) is 4.90 Å². The Morgan fingerprint density at radius 3 is 2.54 bits per heavy atom. The van der Waals surface area contributed by atoms with Crippen LogP contribution in [-0.2, 0) is 0 Å². The Kier molecular flexibility index (Phi) is 2.13. The molecule has 3 heteroatoms. The number of nitrogens with zero attached hydrogens (tertiary/aromatic N) is 1. The van der Waals surface area contributed by atoms with E-state index >= 15 is 0 Å². The Bertz CT molecular complexity index is 203. The molecule has 1 aliphatic heterocycles. The number of hydrogen-bond donors (Lipinski definition) is 2. The second-order valence-electron chi connectivity index (χ2n) is 4.86. The van der Waals surface area contributed by atoms with Crippen LogP contribution < -0.4 is 5.73 Å². The van der Waals surface area contributed by atoms with E-state index in [1.54, 1.807) is 0 Å². The van der Waals surface area contributed by atoms with Crippen LogP contribution in [0.3, 0.4) is 0 Å². The van der Waals surface area contributed by atoms with Gasteiger partial charge in [0.25, 0.3) is 0 Å². The molecular weight excluding hydrogens is 164 g/mol. The average molecular weight is 184 g/mol. The predicted molar refractivity (Wildman–Crippen MR) is 52.4 cm³/mol. The molecule has 0 aromatic heterocycles. The smallest absolute Gasteiger partial charge is 0.0849 e. The second-order valence-corrected chi connectivity index (χ2v) is 4.86. The maximum absolute atomic E-state index is 10.4. The van der Waals surface area contributed by atoms with E-state index in [-0.39, 0.29) is 5.41 Å². The Morgan fingerprint density at radius 1 is 1.38 bits per heavy atom. The van der Waals surface area contributed by atoms with Crippen molar-refractivity contribution in [3.63, 3.8) is 0 Å². The molecule has 76 valence electrons. The third-order valence-electron chi connectivity index (χ3n) is 4.12. The van der Waals surface area contributed by atoms with E-state index in [0.717, 1.165) is 32.4 Å². The average Bonchev–Trinajstić information content (AvgIpc) is 2.06. The molecule has 13 heavy (non-hydrogen) atoms. The van der Waals surface area contributed by atoms with Crippen LogP contribution in [0, 0.1) is 5.41 Å².